The van der Waals surface area contributed by atoms with Gasteiger partial charge in [0.1, 0.15) is 5.84 Å². The molecule has 0 aliphatic carbocycles. The zero-order chi connectivity index (χ0) is 12.7. The van der Waals surface area contributed by atoms with Crippen molar-refractivity contribution in [1.29, 1.82) is 0 Å². The van der Waals surface area contributed by atoms with E-state index in [9.17, 15) is 4.79 Å². The predicted octanol–water partition coefficient (Wildman–Crippen LogP) is 2.21. The molecular formula is C12H11BrN4O. The third kappa shape index (κ3) is 1.73. The maximum Gasteiger partial charge on any atom is 0.320 e. The van der Waals surface area contributed by atoms with Gasteiger partial charge in [-0.2, -0.15) is 5.10 Å². The molecule has 0 radical (unpaired) electrons. The predicted molar refractivity (Wildman–Crippen MR) is 72.6 cm³/mol. The summed E-state index contributed by atoms with van der Waals surface area (Å²) in [6.07, 6.45) is 0. The number of halogens is 1. The molecule has 0 spiro atoms. The Labute approximate surface area is 112 Å². The van der Waals surface area contributed by atoms with E-state index in [1.165, 1.54) is 0 Å². The molecule has 3 rings (SSSR count). The van der Waals surface area contributed by atoms with Gasteiger partial charge in [0, 0.05) is 4.47 Å². The molecule has 2 heterocycles. The molecule has 2 unspecified atom stereocenters. The zero-order valence-electron chi connectivity index (χ0n) is 9.64. The number of fused-ring (bicyclic) bond motifs is 1. The lowest BCUT2D eigenvalue weighted by Crippen LogP contribution is -2.54. The topological polar surface area (TPSA) is 65.8 Å². The maximum absolute atomic E-state index is 11.6. The fourth-order valence-electron chi connectivity index (χ4n) is 2.32. The summed E-state index contributed by atoms with van der Waals surface area (Å²) in [6, 6.07) is 7.47. The van der Waals surface area contributed by atoms with E-state index in [4.69, 9.17) is 0 Å². The third-order valence-corrected chi connectivity index (χ3v) is 3.88. The second kappa shape index (κ2) is 4.20. The summed E-state index contributed by atoms with van der Waals surface area (Å²) >= 11 is 3.52. The highest BCUT2D eigenvalue weighted by Crippen LogP contribution is 2.33. The Balaban J connectivity index is 2.05. The van der Waals surface area contributed by atoms with Gasteiger partial charge in [0.05, 0.1) is 17.7 Å². The van der Waals surface area contributed by atoms with Crippen molar-refractivity contribution in [2.24, 2.45) is 16.1 Å². The van der Waals surface area contributed by atoms with Crippen molar-refractivity contribution < 1.29 is 4.79 Å². The number of nitrogens with zero attached hydrogens (tertiary/aromatic N) is 2. The van der Waals surface area contributed by atoms with Gasteiger partial charge in [0.15, 0.2) is 0 Å². The van der Waals surface area contributed by atoms with Crippen molar-refractivity contribution >= 4 is 33.5 Å². The summed E-state index contributed by atoms with van der Waals surface area (Å²) in [5.74, 6) is 0.610. The molecule has 0 saturated carbocycles. The highest BCUT2D eigenvalue weighted by atomic mass is 79.9. The van der Waals surface area contributed by atoms with Crippen LogP contribution in [0.1, 0.15) is 18.5 Å². The van der Waals surface area contributed by atoms with E-state index < -0.39 is 0 Å². The van der Waals surface area contributed by atoms with Gasteiger partial charge in [0.2, 0.25) is 0 Å². The SMILES string of the molecule is CC1=NN=C2NC(=O)NC(c3ccccc3Br)C12. The molecule has 18 heavy (non-hydrogen) atoms. The molecule has 6 heteroatoms. The van der Waals surface area contributed by atoms with Gasteiger partial charge < -0.3 is 5.32 Å². The lowest BCUT2D eigenvalue weighted by Gasteiger charge is -2.31. The molecule has 2 N–H and O–H groups in total. The van der Waals surface area contributed by atoms with Crippen molar-refractivity contribution in [3.8, 4) is 0 Å². The first kappa shape index (κ1) is 11.4. The molecule has 0 aromatic heterocycles. The standard InChI is InChI=1S/C12H11BrN4O/c1-6-9-10(7-4-2-3-5-8(7)13)14-12(18)15-11(9)17-16-6/h2-5,9-10H,1H3,(H2,14,15,17,18). The van der Waals surface area contributed by atoms with Gasteiger partial charge in [-0.05, 0) is 18.6 Å². The Hall–Kier alpha value is -1.69. The summed E-state index contributed by atoms with van der Waals surface area (Å²) < 4.78 is 0.969. The molecule has 0 bridgehead atoms. The Bertz CT molecular complexity index is 581. The minimum atomic E-state index is -0.240. The van der Waals surface area contributed by atoms with Crippen LogP contribution in [0.15, 0.2) is 38.9 Å². The lowest BCUT2D eigenvalue weighted by molar-refractivity contribution is 0.237. The minimum absolute atomic E-state index is 0.0126. The van der Waals surface area contributed by atoms with Gasteiger partial charge in [-0.15, -0.1) is 5.10 Å². The van der Waals surface area contributed by atoms with E-state index in [1.54, 1.807) is 0 Å². The molecule has 5 nitrogen and oxygen atoms in total. The van der Waals surface area contributed by atoms with Crippen LogP contribution >= 0.6 is 15.9 Å². The average molecular weight is 307 g/mol. The van der Waals surface area contributed by atoms with Crippen LogP contribution in [0.25, 0.3) is 0 Å². The van der Waals surface area contributed by atoms with Crippen molar-refractivity contribution in [3.05, 3.63) is 34.3 Å². The average Bonchev–Trinajstić information content (AvgIpc) is 2.71. The first-order valence-electron chi connectivity index (χ1n) is 5.61. The summed E-state index contributed by atoms with van der Waals surface area (Å²) in [4.78, 5) is 11.6. The van der Waals surface area contributed by atoms with Gasteiger partial charge in [-0.3, -0.25) is 5.32 Å². The van der Waals surface area contributed by atoms with Gasteiger partial charge in [-0.25, -0.2) is 4.79 Å². The van der Waals surface area contributed by atoms with Gasteiger partial charge in [-0.1, -0.05) is 34.1 Å². The largest absolute Gasteiger partial charge is 0.330 e. The number of amidine groups is 1. The molecular weight excluding hydrogens is 296 g/mol. The first-order valence-corrected chi connectivity index (χ1v) is 6.40. The van der Waals surface area contributed by atoms with E-state index in [1.807, 2.05) is 31.2 Å². The third-order valence-electron chi connectivity index (χ3n) is 3.16. The Morgan fingerprint density at radius 2 is 2.06 bits per heavy atom. The molecule has 1 aromatic rings. The number of rotatable bonds is 1. The van der Waals surface area contributed by atoms with Gasteiger partial charge in [0.25, 0.3) is 0 Å². The van der Waals surface area contributed by atoms with E-state index in [0.717, 1.165) is 15.7 Å². The van der Waals surface area contributed by atoms with Crippen molar-refractivity contribution in [2.45, 2.75) is 13.0 Å². The van der Waals surface area contributed by atoms with Crippen molar-refractivity contribution in [2.75, 3.05) is 0 Å². The van der Waals surface area contributed by atoms with Crippen LogP contribution in [-0.4, -0.2) is 17.6 Å². The molecule has 1 fully saturated rings. The first-order chi connectivity index (χ1) is 8.66. The van der Waals surface area contributed by atoms with Gasteiger partial charge >= 0.3 is 6.03 Å². The van der Waals surface area contributed by atoms with Crippen LogP contribution in [0.4, 0.5) is 4.79 Å². The lowest BCUT2D eigenvalue weighted by atomic mass is 9.87. The Kier molecular flexibility index (Phi) is 2.66. The van der Waals surface area contributed by atoms with Crippen LogP contribution in [0.2, 0.25) is 0 Å². The van der Waals surface area contributed by atoms with Crippen molar-refractivity contribution in [3.63, 3.8) is 0 Å². The van der Waals surface area contributed by atoms with E-state index in [-0.39, 0.29) is 18.0 Å². The molecule has 2 atom stereocenters. The number of carbonyl (C=O) groups excluding carboxylic acids is 1. The van der Waals surface area contributed by atoms with Crippen LogP contribution in [0.3, 0.4) is 0 Å². The number of amides is 2. The molecule has 92 valence electrons. The number of carbonyl (C=O) groups is 1. The molecule has 1 saturated heterocycles. The van der Waals surface area contributed by atoms with Crippen LogP contribution in [-0.2, 0) is 0 Å². The van der Waals surface area contributed by atoms with E-state index >= 15 is 0 Å². The number of benzene rings is 1. The van der Waals surface area contributed by atoms with Crippen LogP contribution in [0, 0.1) is 5.92 Å². The highest BCUT2D eigenvalue weighted by Gasteiger charge is 2.39. The quantitative estimate of drug-likeness (QED) is 0.821. The Morgan fingerprint density at radius 1 is 1.28 bits per heavy atom. The normalized spacial score (nSPS) is 25.8. The zero-order valence-corrected chi connectivity index (χ0v) is 11.2. The van der Waals surface area contributed by atoms with Crippen LogP contribution < -0.4 is 10.6 Å². The minimum Gasteiger partial charge on any atom is -0.330 e. The number of urea groups is 1. The molecule has 1 aromatic carbocycles. The molecule has 2 amide bonds. The fourth-order valence-corrected chi connectivity index (χ4v) is 2.85. The maximum atomic E-state index is 11.6. The molecule has 2 aliphatic heterocycles. The van der Waals surface area contributed by atoms with Crippen LogP contribution in [0.5, 0.6) is 0 Å². The number of hydrogen-bond donors (Lipinski definition) is 2. The Morgan fingerprint density at radius 3 is 2.83 bits per heavy atom. The van der Waals surface area contributed by atoms with E-state index in [0.29, 0.717) is 5.84 Å². The number of nitrogens with one attached hydrogen (secondary N) is 2. The number of hydrogen-bond acceptors (Lipinski definition) is 3. The highest BCUT2D eigenvalue weighted by molar-refractivity contribution is 9.10. The fraction of sp³-hybridized carbons (Fsp3) is 0.250. The summed E-state index contributed by atoms with van der Waals surface area (Å²) in [5.41, 5.74) is 1.93. The molecule has 2 aliphatic rings. The second-order valence-corrected chi connectivity index (χ2v) is 5.16. The summed E-state index contributed by atoms with van der Waals surface area (Å²) in [5, 5.41) is 13.7. The monoisotopic (exact) mass is 306 g/mol. The second-order valence-electron chi connectivity index (χ2n) is 4.30. The summed E-state index contributed by atoms with van der Waals surface area (Å²) in [6.45, 7) is 1.92. The smallest absolute Gasteiger partial charge is 0.320 e. The van der Waals surface area contributed by atoms with E-state index in [2.05, 4.69) is 36.8 Å². The summed E-state index contributed by atoms with van der Waals surface area (Å²) in [7, 11) is 0. The van der Waals surface area contributed by atoms with Crippen molar-refractivity contribution in [1.82, 2.24) is 10.6 Å².